The zero-order chi connectivity index (χ0) is 16.2. The van der Waals surface area contributed by atoms with Crippen molar-refractivity contribution in [1.82, 2.24) is 10.2 Å². The molecule has 1 aliphatic heterocycles. The zero-order valence-electron chi connectivity index (χ0n) is 13.6. The molecule has 1 aromatic rings. The first-order valence-corrected chi connectivity index (χ1v) is 7.80. The van der Waals surface area contributed by atoms with Crippen molar-refractivity contribution in [2.45, 2.75) is 37.8 Å². The molecule has 0 aliphatic carbocycles. The number of amides is 1. The Morgan fingerprint density at radius 3 is 2.73 bits per heavy atom. The van der Waals surface area contributed by atoms with Gasteiger partial charge in [0.05, 0.1) is 7.11 Å². The molecule has 1 aromatic carbocycles. The third-order valence-electron chi connectivity index (χ3n) is 4.59. The Morgan fingerprint density at radius 2 is 2.14 bits per heavy atom. The summed E-state index contributed by atoms with van der Waals surface area (Å²) in [6, 6.07) is 7.59. The largest absolute Gasteiger partial charge is 0.497 e. The summed E-state index contributed by atoms with van der Waals surface area (Å²) in [6.45, 7) is 3.46. The smallest absolute Gasteiger partial charge is 0.221 e. The van der Waals surface area contributed by atoms with Crippen LogP contribution in [0, 0.1) is 0 Å². The van der Waals surface area contributed by atoms with E-state index in [1.54, 1.807) is 14.2 Å². The molecule has 0 bridgehead atoms. The maximum absolute atomic E-state index is 11.5. The van der Waals surface area contributed by atoms with Crippen molar-refractivity contribution in [3.8, 4) is 5.75 Å². The van der Waals surface area contributed by atoms with E-state index in [4.69, 9.17) is 4.74 Å². The van der Waals surface area contributed by atoms with E-state index in [0.717, 1.165) is 30.7 Å². The van der Waals surface area contributed by atoms with E-state index in [1.807, 2.05) is 31.2 Å². The highest BCUT2D eigenvalue weighted by Crippen LogP contribution is 2.35. The molecule has 122 valence electrons. The van der Waals surface area contributed by atoms with Crippen molar-refractivity contribution in [2.75, 3.05) is 27.2 Å². The summed E-state index contributed by atoms with van der Waals surface area (Å²) in [6.07, 6.45) is 2.45. The molecule has 0 saturated carbocycles. The lowest BCUT2D eigenvalue weighted by Gasteiger charge is -2.37. The van der Waals surface area contributed by atoms with Crippen molar-refractivity contribution in [3.63, 3.8) is 0 Å². The highest BCUT2D eigenvalue weighted by atomic mass is 16.5. The Labute approximate surface area is 132 Å². The maximum Gasteiger partial charge on any atom is 0.221 e. The lowest BCUT2D eigenvalue weighted by molar-refractivity contribution is -0.121. The van der Waals surface area contributed by atoms with E-state index in [2.05, 4.69) is 10.2 Å². The summed E-state index contributed by atoms with van der Waals surface area (Å²) in [5.41, 5.74) is -0.0593. The number of carbonyl (C=O) groups excluding carboxylic acids is 1. The van der Waals surface area contributed by atoms with Crippen LogP contribution in [0.5, 0.6) is 5.75 Å². The molecule has 0 spiro atoms. The fourth-order valence-corrected chi connectivity index (χ4v) is 3.22. The number of aliphatic hydroxyl groups is 1. The minimum absolute atomic E-state index is 0.0329. The average molecular weight is 306 g/mol. The normalized spacial score (nSPS) is 21.4. The Kier molecular flexibility index (Phi) is 5.42. The molecule has 1 amide bonds. The molecule has 2 atom stereocenters. The van der Waals surface area contributed by atoms with Crippen LogP contribution in [-0.2, 0) is 10.4 Å². The topological polar surface area (TPSA) is 61.8 Å². The minimum atomic E-state index is -0.939. The maximum atomic E-state index is 11.5. The van der Waals surface area contributed by atoms with Crippen molar-refractivity contribution < 1.29 is 14.6 Å². The van der Waals surface area contributed by atoms with Crippen LogP contribution in [0.15, 0.2) is 24.3 Å². The van der Waals surface area contributed by atoms with E-state index in [9.17, 15) is 9.90 Å². The van der Waals surface area contributed by atoms with Gasteiger partial charge in [0.25, 0.3) is 0 Å². The minimum Gasteiger partial charge on any atom is -0.497 e. The number of benzene rings is 1. The number of carbonyl (C=O) groups is 1. The monoisotopic (exact) mass is 306 g/mol. The molecule has 5 heteroatoms. The van der Waals surface area contributed by atoms with Gasteiger partial charge in [-0.15, -0.1) is 0 Å². The number of methoxy groups -OCH3 is 1. The van der Waals surface area contributed by atoms with Gasteiger partial charge in [-0.25, -0.2) is 0 Å². The van der Waals surface area contributed by atoms with Gasteiger partial charge >= 0.3 is 0 Å². The highest BCUT2D eigenvalue weighted by Gasteiger charge is 2.40. The molecule has 1 heterocycles. The average Bonchev–Trinajstić information content (AvgIpc) is 3.02. The third-order valence-corrected chi connectivity index (χ3v) is 4.59. The predicted molar refractivity (Wildman–Crippen MR) is 85.8 cm³/mol. The van der Waals surface area contributed by atoms with Crippen LogP contribution in [0.2, 0.25) is 0 Å². The Morgan fingerprint density at radius 1 is 1.45 bits per heavy atom. The molecule has 2 N–H and O–H groups in total. The molecule has 22 heavy (non-hydrogen) atoms. The molecule has 5 nitrogen and oxygen atoms in total. The standard InChI is InChI=1S/C17H26N2O3/c1-17(21,13-6-8-14(22-3)9-7-13)15-5-4-11-19(15)12-10-16(20)18-2/h6-9,15,21H,4-5,10-12H2,1-3H3,(H,18,20). The van der Waals surface area contributed by atoms with E-state index < -0.39 is 5.60 Å². The number of ether oxygens (including phenoxy) is 1. The van der Waals surface area contributed by atoms with Gasteiger partial charge < -0.3 is 15.2 Å². The number of hydrogen-bond acceptors (Lipinski definition) is 4. The molecule has 1 saturated heterocycles. The van der Waals surface area contributed by atoms with Gasteiger partial charge in [-0.2, -0.15) is 0 Å². The molecular weight excluding hydrogens is 280 g/mol. The predicted octanol–water partition coefficient (Wildman–Crippen LogP) is 1.50. The fourth-order valence-electron chi connectivity index (χ4n) is 3.22. The van der Waals surface area contributed by atoms with Gasteiger partial charge in [0.2, 0.25) is 5.91 Å². The second kappa shape index (κ2) is 7.11. The van der Waals surface area contributed by atoms with Crippen LogP contribution in [0.4, 0.5) is 0 Å². The van der Waals surface area contributed by atoms with Crippen LogP contribution in [0.1, 0.15) is 31.7 Å². The summed E-state index contributed by atoms with van der Waals surface area (Å²) in [5, 5.41) is 13.7. The lowest BCUT2D eigenvalue weighted by atomic mass is 9.86. The molecule has 2 unspecified atom stereocenters. The van der Waals surface area contributed by atoms with Crippen molar-refractivity contribution >= 4 is 5.91 Å². The van der Waals surface area contributed by atoms with E-state index in [1.165, 1.54) is 0 Å². The number of hydrogen-bond donors (Lipinski definition) is 2. The second-order valence-electron chi connectivity index (χ2n) is 5.99. The van der Waals surface area contributed by atoms with Gasteiger partial charge in [-0.05, 0) is 44.0 Å². The summed E-state index contributed by atoms with van der Waals surface area (Å²) >= 11 is 0. The molecule has 0 radical (unpaired) electrons. The molecule has 2 rings (SSSR count). The summed E-state index contributed by atoms with van der Waals surface area (Å²) in [7, 11) is 3.28. The summed E-state index contributed by atoms with van der Waals surface area (Å²) in [5.74, 6) is 0.817. The van der Waals surface area contributed by atoms with Crippen LogP contribution in [0.3, 0.4) is 0 Å². The van der Waals surface area contributed by atoms with Crippen molar-refractivity contribution in [1.29, 1.82) is 0 Å². The number of rotatable bonds is 6. The lowest BCUT2D eigenvalue weighted by Crippen LogP contribution is -2.46. The quantitative estimate of drug-likeness (QED) is 0.836. The van der Waals surface area contributed by atoms with Gasteiger partial charge in [-0.3, -0.25) is 9.69 Å². The van der Waals surface area contributed by atoms with E-state index >= 15 is 0 Å². The van der Waals surface area contributed by atoms with Crippen LogP contribution in [0.25, 0.3) is 0 Å². The number of likely N-dealkylation sites (tertiary alicyclic amines) is 1. The van der Waals surface area contributed by atoms with Gasteiger partial charge in [-0.1, -0.05) is 12.1 Å². The van der Waals surface area contributed by atoms with Crippen molar-refractivity contribution in [3.05, 3.63) is 29.8 Å². The van der Waals surface area contributed by atoms with Crippen LogP contribution in [-0.4, -0.2) is 49.2 Å². The molecule has 1 fully saturated rings. The van der Waals surface area contributed by atoms with Gasteiger partial charge in [0.1, 0.15) is 11.4 Å². The van der Waals surface area contributed by atoms with Crippen LogP contribution >= 0.6 is 0 Å². The van der Waals surface area contributed by atoms with Crippen molar-refractivity contribution in [2.24, 2.45) is 0 Å². The SMILES string of the molecule is CNC(=O)CCN1CCCC1C(C)(O)c1ccc(OC)cc1. The first-order chi connectivity index (χ1) is 10.5. The summed E-state index contributed by atoms with van der Waals surface area (Å²) in [4.78, 5) is 13.7. The molecule has 1 aliphatic rings. The number of nitrogens with zero attached hydrogens (tertiary/aromatic N) is 1. The van der Waals surface area contributed by atoms with Crippen LogP contribution < -0.4 is 10.1 Å². The third kappa shape index (κ3) is 3.59. The zero-order valence-corrected chi connectivity index (χ0v) is 13.6. The molecule has 0 aromatic heterocycles. The Bertz CT molecular complexity index is 499. The van der Waals surface area contributed by atoms with Gasteiger partial charge in [0, 0.05) is 26.1 Å². The Hall–Kier alpha value is -1.59. The van der Waals surface area contributed by atoms with E-state index in [0.29, 0.717) is 13.0 Å². The first kappa shape index (κ1) is 16.8. The second-order valence-corrected chi connectivity index (χ2v) is 5.99. The highest BCUT2D eigenvalue weighted by molar-refractivity contribution is 5.75. The van der Waals surface area contributed by atoms with E-state index in [-0.39, 0.29) is 11.9 Å². The number of nitrogens with one attached hydrogen (secondary N) is 1. The Balaban J connectivity index is 2.10. The molecular formula is C17H26N2O3. The van der Waals surface area contributed by atoms with Gasteiger partial charge in [0.15, 0.2) is 0 Å². The summed E-state index contributed by atoms with van der Waals surface area (Å²) < 4.78 is 5.17. The first-order valence-electron chi connectivity index (χ1n) is 7.80. The fraction of sp³-hybridized carbons (Fsp3) is 0.588.